The lowest BCUT2D eigenvalue weighted by molar-refractivity contribution is 0.0203. The largest absolute Gasteiger partial charge is 0.493 e. The van der Waals surface area contributed by atoms with Crippen LogP contribution in [0.5, 0.6) is 17.2 Å². The van der Waals surface area contributed by atoms with Gasteiger partial charge in [0.15, 0.2) is 17.5 Å². The fourth-order valence-electron chi connectivity index (χ4n) is 3.25. The Balaban J connectivity index is 1.72. The highest BCUT2D eigenvalue weighted by molar-refractivity contribution is 5.79. The molecule has 0 unspecified atom stereocenters. The van der Waals surface area contributed by atoms with Crippen molar-refractivity contribution in [2.75, 3.05) is 61.3 Å². The molecule has 2 N–H and O–H groups in total. The van der Waals surface area contributed by atoms with Gasteiger partial charge in [0.2, 0.25) is 5.75 Å². The van der Waals surface area contributed by atoms with Gasteiger partial charge in [0, 0.05) is 52.1 Å². The minimum atomic E-state index is 0.545. The van der Waals surface area contributed by atoms with Crippen LogP contribution in [0.25, 0.3) is 0 Å². The molecular formula is C21H35N3O5. The Bertz CT molecular complexity index is 633. The number of ether oxygens (including phenoxy) is 5. The lowest BCUT2D eigenvalue weighted by atomic mass is 10.0. The third-order valence-electron chi connectivity index (χ3n) is 4.91. The van der Waals surface area contributed by atoms with Crippen molar-refractivity contribution in [1.82, 2.24) is 10.6 Å². The van der Waals surface area contributed by atoms with Crippen molar-refractivity contribution in [2.45, 2.75) is 25.8 Å². The molecule has 1 saturated heterocycles. The first-order valence-corrected chi connectivity index (χ1v) is 10.1. The molecule has 8 nitrogen and oxygen atoms in total. The Labute approximate surface area is 173 Å². The lowest BCUT2D eigenvalue weighted by Gasteiger charge is -2.21. The Kier molecular flexibility index (Phi) is 10.4. The van der Waals surface area contributed by atoms with Crippen LogP contribution < -0.4 is 24.8 Å². The van der Waals surface area contributed by atoms with Crippen LogP contribution in [0.4, 0.5) is 0 Å². The number of guanidine groups is 1. The Hall–Kier alpha value is -2.19. The molecule has 0 amide bonds. The highest BCUT2D eigenvalue weighted by atomic mass is 16.5. The van der Waals surface area contributed by atoms with Gasteiger partial charge >= 0.3 is 0 Å². The molecule has 1 aromatic carbocycles. The third-order valence-corrected chi connectivity index (χ3v) is 4.91. The third kappa shape index (κ3) is 7.29. The number of nitrogens with zero attached hydrogens (tertiary/aromatic N) is 1. The molecule has 0 spiro atoms. The standard InChI is InChI=1S/C21H35N3O5/c1-22-21(23-10-5-11-29-15-16-8-12-28-13-9-16)24-14-17-6-7-18(25-2)20(27-4)19(17)26-3/h6-7,16H,5,8-15H2,1-4H3,(H2,22,23,24). The normalized spacial score (nSPS) is 15.1. The van der Waals surface area contributed by atoms with Crippen molar-refractivity contribution < 1.29 is 23.7 Å². The second-order valence-corrected chi connectivity index (χ2v) is 6.83. The number of hydrogen-bond acceptors (Lipinski definition) is 6. The first-order chi connectivity index (χ1) is 14.2. The molecule has 1 aromatic rings. The number of rotatable bonds is 11. The zero-order valence-electron chi connectivity index (χ0n) is 18.1. The van der Waals surface area contributed by atoms with Gasteiger partial charge in [0.1, 0.15) is 0 Å². The summed E-state index contributed by atoms with van der Waals surface area (Å²) in [6.45, 7) is 4.63. The summed E-state index contributed by atoms with van der Waals surface area (Å²) in [6.07, 6.45) is 3.13. The molecular weight excluding hydrogens is 374 g/mol. The Morgan fingerprint density at radius 2 is 1.83 bits per heavy atom. The van der Waals surface area contributed by atoms with Gasteiger partial charge in [-0.1, -0.05) is 0 Å². The van der Waals surface area contributed by atoms with Crippen LogP contribution in [0, 0.1) is 5.92 Å². The number of benzene rings is 1. The molecule has 2 rings (SSSR count). The fourth-order valence-corrected chi connectivity index (χ4v) is 3.25. The molecule has 0 aromatic heterocycles. The summed E-state index contributed by atoms with van der Waals surface area (Å²) in [4.78, 5) is 4.27. The van der Waals surface area contributed by atoms with Crippen LogP contribution in [-0.4, -0.2) is 67.3 Å². The minimum absolute atomic E-state index is 0.545. The van der Waals surface area contributed by atoms with Gasteiger partial charge in [0.05, 0.1) is 21.3 Å². The van der Waals surface area contributed by atoms with E-state index in [1.54, 1.807) is 28.4 Å². The van der Waals surface area contributed by atoms with E-state index in [9.17, 15) is 0 Å². The molecule has 0 saturated carbocycles. The van der Waals surface area contributed by atoms with E-state index in [1.807, 2.05) is 12.1 Å². The molecule has 1 heterocycles. The van der Waals surface area contributed by atoms with Gasteiger partial charge in [-0.05, 0) is 37.3 Å². The molecule has 8 heteroatoms. The highest BCUT2D eigenvalue weighted by Gasteiger charge is 2.16. The van der Waals surface area contributed by atoms with Gasteiger partial charge in [-0.15, -0.1) is 0 Å². The number of aliphatic imine (C=N–C) groups is 1. The van der Waals surface area contributed by atoms with E-state index in [1.165, 1.54) is 0 Å². The van der Waals surface area contributed by atoms with E-state index in [0.717, 1.165) is 63.8 Å². The molecule has 164 valence electrons. The van der Waals surface area contributed by atoms with E-state index >= 15 is 0 Å². The highest BCUT2D eigenvalue weighted by Crippen LogP contribution is 2.39. The predicted octanol–water partition coefficient (Wildman–Crippen LogP) is 2.21. The van der Waals surface area contributed by atoms with Crippen LogP contribution in [0.1, 0.15) is 24.8 Å². The maximum absolute atomic E-state index is 5.80. The van der Waals surface area contributed by atoms with Crippen molar-refractivity contribution in [3.8, 4) is 17.2 Å². The fraction of sp³-hybridized carbons (Fsp3) is 0.667. The summed E-state index contributed by atoms with van der Waals surface area (Å²) in [5.74, 6) is 3.24. The predicted molar refractivity (Wildman–Crippen MR) is 113 cm³/mol. The topological polar surface area (TPSA) is 82.6 Å². The maximum atomic E-state index is 5.80. The molecule has 1 aliphatic heterocycles. The minimum Gasteiger partial charge on any atom is -0.493 e. The molecule has 0 atom stereocenters. The molecule has 1 aliphatic rings. The zero-order valence-corrected chi connectivity index (χ0v) is 18.1. The second-order valence-electron chi connectivity index (χ2n) is 6.83. The van der Waals surface area contributed by atoms with Crippen molar-refractivity contribution in [3.63, 3.8) is 0 Å². The van der Waals surface area contributed by atoms with Gasteiger partial charge in [-0.3, -0.25) is 4.99 Å². The van der Waals surface area contributed by atoms with Crippen molar-refractivity contribution in [2.24, 2.45) is 10.9 Å². The summed E-state index contributed by atoms with van der Waals surface area (Å²) in [7, 11) is 6.58. The van der Waals surface area contributed by atoms with Crippen LogP contribution in [0.3, 0.4) is 0 Å². The second kappa shape index (κ2) is 13.1. The maximum Gasteiger partial charge on any atom is 0.203 e. The summed E-state index contributed by atoms with van der Waals surface area (Å²) in [5, 5.41) is 6.61. The van der Waals surface area contributed by atoms with E-state index in [-0.39, 0.29) is 0 Å². The average Bonchev–Trinajstić information content (AvgIpc) is 2.77. The quantitative estimate of drug-likeness (QED) is 0.329. The SMILES string of the molecule is CN=C(NCCCOCC1CCOCC1)NCc1ccc(OC)c(OC)c1OC. The van der Waals surface area contributed by atoms with Crippen LogP contribution in [-0.2, 0) is 16.0 Å². The van der Waals surface area contributed by atoms with E-state index < -0.39 is 0 Å². The number of hydrogen-bond donors (Lipinski definition) is 2. The lowest BCUT2D eigenvalue weighted by Crippen LogP contribution is -2.37. The summed E-state index contributed by atoms with van der Waals surface area (Å²) in [6, 6.07) is 3.81. The summed E-state index contributed by atoms with van der Waals surface area (Å²) in [5.41, 5.74) is 0.952. The molecule has 0 aliphatic carbocycles. The van der Waals surface area contributed by atoms with Gasteiger partial charge < -0.3 is 34.3 Å². The molecule has 0 bridgehead atoms. The first kappa shape index (κ1) is 23.1. The molecule has 0 radical (unpaired) electrons. The van der Waals surface area contributed by atoms with Crippen LogP contribution in [0.15, 0.2) is 17.1 Å². The Morgan fingerprint density at radius 1 is 1.07 bits per heavy atom. The van der Waals surface area contributed by atoms with Gasteiger partial charge in [-0.25, -0.2) is 0 Å². The monoisotopic (exact) mass is 409 g/mol. The van der Waals surface area contributed by atoms with Crippen molar-refractivity contribution in [3.05, 3.63) is 17.7 Å². The van der Waals surface area contributed by atoms with Gasteiger partial charge in [-0.2, -0.15) is 0 Å². The van der Waals surface area contributed by atoms with E-state index in [4.69, 9.17) is 23.7 Å². The summed E-state index contributed by atoms with van der Waals surface area (Å²) < 4.78 is 27.4. The van der Waals surface area contributed by atoms with Crippen LogP contribution in [0.2, 0.25) is 0 Å². The molecule has 1 fully saturated rings. The van der Waals surface area contributed by atoms with Crippen molar-refractivity contribution >= 4 is 5.96 Å². The molecule has 29 heavy (non-hydrogen) atoms. The number of methoxy groups -OCH3 is 3. The first-order valence-electron chi connectivity index (χ1n) is 10.1. The number of nitrogens with one attached hydrogen (secondary N) is 2. The van der Waals surface area contributed by atoms with E-state index in [0.29, 0.717) is 29.7 Å². The van der Waals surface area contributed by atoms with Crippen LogP contribution >= 0.6 is 0 Å². The van der Waals surface area contributed by atoms with Gasteiger partial charge in [0.25, 0.3) is 0 Å². The van der Waals surface area contributed by atoms with Crippen molar-refractivity contribution in [1.29, 1.82) is 0 Å². The zero-order chi connectivity index (χ0) is 20.9. The average molecular weight is 410 g/mol. The van der Waals surface area contributed by atoms with E-state index in [2.05, 4.69) is 15.6 Å². The summed E-state index contributed by atoms with van der Waals surface area (Å²) >= 11 is 0. The smallest absolute Gasteiger partial charge is 0.203 e. The Morgan fingerprint density at radius 3 is 2.48 bits per heavy atom.